The van der Waals surface area contributed by atoms with E-state index in [0.29, 0.717) is 0 Å². The van der Waals surface area contributed by atoms with Gasteiger partial charge in [-0.3, -0.25) is 4.79 Å². The van der Waals surface area contributed by atoms with Crippen LogP contribution >= 0.6 is 33.9 Å². The first-order chi connectivity index (χ1) is 9.42. The van der Waals surface area contributed by atoms with E-state index in [1.807, 2.05) is 5.32 Å². The quantitative estimate of drug-likeness (QED) is 0.807. The van der Waals surface area contributed by atoms with Gasteiger partial charge in [-0.05, 0) is 12.1 Å². The van der Waals surface area contributed by atoms with Gasteiger partial charge in [-0.15, -0.1) is 0 Å². The smallest absolute Gasteiger partial charge is 0.352 e. The Hall–Kier alpha value is -0.700. The Morgan fingerprint density at radius 2 is 1.76 bits per heavy atom. The fourth-order valence-electron chi connectivity index (χ4n) is 1.30. The van der Waals surface area contributed by atoms with Crippen molar-refractivity contribution in [1.82, 2.24) is 5.32 Å². The summed E-state index contributed by atoms with van der Waals surface area (Å²) in [6, 6.07) is 1.77. The van der Waals surface area contributed by atoms with E-state index in [0.717, 1.165) is 12.1 Å². The third-order valence-electron chi connectivity index (χ3n) is 2.22. The molecule has 0 saturated heterocycles. The zero-order valence-corrected chi connectivity index (χ0v) is 13.1. The number of carbonyl (C=O) groups excluding carboxylic acids is 1. The molecule has 0 spiro atoms. The number of benzene rings is 1. The third-order valence-corrected chi connectivity index (χ3v) is 4.32. The molecule has 0 heterocycles. The Bertz CT molecular complexity index is 661. The molecule has 0 saturated carbocycles. The van der Waals surface area contributed by atoms with Crippen LogP contribution in [-0.2, 0) is 9.05 Å². The lowest BCUT2D eigenvalue weighted by atomic mass is 10.2. The number of rotatable bonds is 4. The van der Waals surface area contributed by atoms with Gasteiger partial charge in [0, 0.05) is 17.2 Å². The van der Waals surface area contributed by atoms with Crippen LogP contribution in [0.5, 0.6) is 0 Å². The van der Waals surface area contributed by atoms with Crippen molar-refractivity contribution in [1.29, 1.82) is 0 Å². The van der Waals surface area contributed by atoms with Crippen molar-refractivity contribution >= 4 is 48.8 Å². The summed E-state index contributed by atoms with van der Waals surface area (Å²) in [5, 5.41) is 1.45. The van der Waals surface area contributed by atoms with E-state index in [1.165, 1.54) is 0 Å². The van der Waals surface area contributed by atoms with Gasteiger partial charge in [0.15, 0.2) is 0 Å². The van der Waals surface area contributed by atoms with Crippen LogP contribution in [-0.4, -0.2) is 27.0 Å². The number of nitrogens with one attached hydrogen (secondary N) is 1. The summed E-state index contributed by atoms with van der Waals surface area (Å²) in [5.41, 5.74) is -0.345. The largest absolute Gasteiger partial charge is 0.390 e. The Kier molecular flexibility index (Phi) is 5.76. The van der Waals surface area contributed by atoms with Crippen LogP contribution in [0, 0.1) is 0 Å². The second-order valence-corrected chi connectivity index (χ2v) is 7.17. The lowest BCUT2D eigenvalue weighted by Gasteiger charge is -2.10. The molecule has 1 amide bonds. The van der Waals surface area contributed by atoms with Crippen molar-refractivity contribution in [2.24, 2.45) is 0 Å². The van der Waals surface area contributed by atoms with E-state index in [1.54, 1.807) is 0 Å². The maximum absolute atomic E-state index is 12.0. The Morgan fingerprint density at radius 3 is 2.24 bits per heavy atom. The summed E-state index contributed by atoms with van der Waals surface area (Å²) >= 11 is 11.3. The van der Waals surface area contributed by atoms with Gasteiger partial charge in [-0.2, -0.15) is 13.2 Å². The van der Waals surface area contributed by atoms with Crippen LogP contribution in [0.1, 0.15) is 16.8 Å². The number of amides is 1. The highest BCUT2D eigenvalue weighted by Gasteiger charge is 2.27. The number of carbonyl (C=O) groups is 1. The molecule has 0 atom stereocenters. The zero-order chi connectivity index (χ0) is 16.4. The van der Waals surface area contributed by atoms with Gasteiger partial charge in [0.1, 0.15) is 4.90 Å². The Morgan fingerprint density at radius 1 is 1.19 bits per heavy atom. The number of alkyl halides is 3. The minimum Gasteiger partial charge on any atom is -0.352 e. The van der Waals surface area contributed by atoms with Crippen molar-refractivity contribution in [2.45, 2.75) is 17.5 Å². The van der Waals surface area contributed by atoms with E-state index in [4.69, 9.17) is 33.9 Å². The minimum absolute atomic E-state index is 0.214. The fraction of sp³-hybridized carbons (Fsp3) is 0.300. The summed E-state index contributed by atoms with van der Waals surface area (Å²) in [5.74, 6) is -0.970. The van der Waals surface area contributed by atoms with Gasteiger partial charge in [0.05, 0.1) is 22.0 Å². The first kappa shape index (κ1) is 18.3. The topological polar surface area (TPSA) is 63.2 Å². The van der Waals surface area contributed by atoms with Crippen molar-refractivity contribution in [2.75, 3.05) is 6.54 Å². The molecule has 1 aromatic carbocycles. The Labute approximate surface area is 132 Å². The van der Waals surface area contributed by atoms with Gasteiger partial charge >= 0.3 is 6.18 Å². The van der Waals surface area contributed by atoms with Gasteiger partial charge in [-0.25, -0.2) is 8.42 Å². The summed E-state index contributed by atoms with van der Waals surface area (Å²) < 4.78 is 58.4. The summed E-state index contributed by atoms with van der Waals surface area (Å²) in [6.07, 6.45) is -5.66. The lowest BCUT2D eigenvalue weighted by Crippen LogP contribution is -2.28. The first-order valence-electron chi connectivity index (χ1n) is 5.20. The van der Waals surface area contributed by atoms with Gasteiger partial charge in [0.2, 0.25) is 0 Å². The molecule has 0 unspecified atom stereocenters. The third kappa shape index (κ3) is 5.54. The number of hydrogen-bond acceptors (Lipinski definition) is 3. The van der Waals surface area contributed by atoms with Crippen molar-refractivity contribution < 1.29 is 26.4 Å². The average molecular weight is 385 g/mol. The maximum Gasteiger partial charge on any atom is 0.390 e. The SMILES string of the molecule is O=C(NCCC(F)(F)F)c1cc(S(=O)(=O)Cl)c(Cl)cc1Cl. The monoisotopic (exact) mass is 383 g/mol. The average Bonchev–Trinajstić information content (AvgIpc) is 2.24. The molecule has 0 fully saturated rings. The molecule has 0 aliphatic rings. The molecule has 0 bridgehead atoms. The molecule has 0 radical (unpaired) electrons. The second kappa shape index (κ2) is 6.60. The highest BCUT2D eigenvalue weighted by molar-refractivity contribution is 8.13. The maximum atomic E-state index is 12.0. The summed E-state index contributed by atoms with van der Waals surface area (Å²) in [6.45, 7) is -0.676. The van der Waals surface area contributed by atoms with Crippen molar-refractivity contribution in [3.63, 3.8) is 0 Å². The molecule has 0 aliphatic heterocycles. The van der Waals surface area contributed by atoms with Crippen molar-refractivity contribution in [3.05, 3.63) is 27.7 Å². The predicted molar refractivity (Wildman–Crippen MR) is 72.5 cm³/mol. The second-order valence-electron chi connectivity index (χ2n) is 3.82. The highest BCUT2D eigenvalue weighted by Crippen LogP contribution is 2.30. The molecule has 1 N–H and O–H groups in total. The van der Waals surface area contributed by atoms with Crippen LogP contribution in [0.4, 0.5) is 13.2 Å². The van der Waals surface area contributed by atoms with Gasteiger partial charge in [0.25, 0.3) is 15.0 Å². The highest BCUT2D eigenvalue weighted by atomic mass is 35.7. The number of halogens is 6. The molecule has 0 aromatic heterocycles. The van der Waals surface area contributed by atoms with E-state index in [9.17, 15) is 26.4 Å². The van der Waals surface area contributed by atoms with Crippen LogP contribution in [0.2, 0.25) is 10.0 Å². The molecule has 11 heteroatoms. The fourth-order valence-corrected chi connectivity index (χ4v) is 3.13. The van der Waals surface area contributed by atoms with E-state index in [2.05, 4.69) is 0 Å². The standard InChI is InChI=1S/C10H7Cl3F3NO3S/c11-6-4-7(12)8(21(13,19)20)3-5(6)9(18)17-2-1-10(14,15)16/h3-4H,1-2H2,(H,17,18). The number of hydrogen-bond donors (Lipinski definition) is 1. The minimum atomic E-state index is -4.43. The van der Waals surface area contributed by atoms with E-state index < -0.39 is 39.0 Å². The van der Waals surface area contributed by atoms with Crippen LogP contribution < -0.4 is 5.32 Å². The molecule has 1 rings (SSSR count). The van der Waals surface area contributed by atoms with Crippen LogP contribution in [0.3, 0.4) is 0 Å². The molecule has 0 aliphatic carbocycles. The lowest BCUT2D eigenvalue weighted by molar-refractivity contribution is -0.132. The molecule has 118 valence electrons. The molecule has 1 aromatic rings. The Balaban J connectivity index is 3.00. The van der Waals surface area contributed by atoms with E-state index in [-0.39, 0.29) is 15.6 Å². The molecule has 4 nitrogen and oxygen atoms in total. The van der Waals surface area contributed by atoms with Crippen LogP contribution in [0.15, 0.2) is 17.0 Å². The summed E-state index contributed by atoms with van der Waals surface area (Å²) in [4.78, 5) is 11.1. The molecular weight excluding hydrogens is 378 g/mol. The van der Waals surface area contributed by atoms with Gasteiger partial charge in [-0.1, -0.05) is 23.2 Å². The molecular formula is C10H7Cl3F3NO3S. The van der Waals surface area contributed by atoms with Crippen molar-refractivity contribution in [3.8, 4) is 0 Å². The zero-order valence-electron chi connectivity index (χ0n) is 9.97. The van der Waals surface area contributed by atoms with Crippen LogP contribution in [0.25, 0.3) is 0 Å². The van der Waals surface area contributed by atoms with Gasteiger partial charge < -0.3 is 5.32 Å². The normalized spacial score (nSPS) is 12.3. The molecule has 21 heavy (non-hydrogen) atoms. The van der Waals surface area contributed by atoms with E-state index >= 15 is 0 Å². The first-order valence-corrected chi connectivity index (χ1v) is 8.27. The summed E-state index contributed by atoms with van der Waals surface area (Å²) in [7, 11) is 0.893. The predicted octanol–water partition coefficient (Wildman–Crippen LogP) is 3.60.